The van der Waals surface area contributed by atoms with E-state index >= 15 is 0 Å². The summed E-state index contributed by atoms with van der Waals surface area (Å²) in [5, 5.41) is 0. The van der Waals surface area contributed by atoms with Gasteiger partial charge < -0.3 is 4.74 Å². The molecule has 1 aliphatic heterocycles. The molecule has 1 fully saturated rings. The Morgan fingerprint density at radius 1 is 0.805 bits per heavy atom. The molecule has 0 radical (unpaired) electrons. The third-order valence-electron chi connectivity index (χ3n) is 7.71. The van der Waals surface area contributed by atoms with Gasteiger partial charge in [-0.2, -0.15) is 0 Å². The Kier molecular flexibility index (Phi) is 9.46. The van der Waals surface area contributed by atoms with E-state index in [0.717, 1.165) is 20.9 Å². The van der Waals surface area contributed by atoms with Gasteiger partial charge in [-0.3, -0.25) is 14.5 Å². The molecule has 6 heteroatoms. The number of ether oxygens (including phenoxy) is 1. The highest BCUT2D eigenvalue weighted by Crippen LogP contribution is 2.36. The maximum atomic E-state index is 13.9. The monoisotopic (exact) mass is 581 g/mol. The highest BCUT2D eigenvalue weighted by molar-refractivity contribution is 7.99. The number of carbonyl (C=O) groups excluding carboxylic acids is 2. The molecule has 5 rings (SSSR count). The van der Waals surface area contributed by atoms with Crippen LogP contribution in [0.5, 0.6) is 0 Å². The average Bonchev–Trinajstić information content (AvgIpc) is 3.02. The topological polar surface area (TPSA) is 46.6 Å². The van der Waals surface area contributed by atoms with Crippen LogP contribution in [-0.4, -0.2) is 54.6 Å². The molecular formula is C35H35NO3S2. The summed E-state index contributed by atoms with van der Waals surface area (Å²) >= 11 is 3.37. The lowest BCUT2D eigenvalue weighted by atomic mass is 9.83. The van der Waals surface area contributed by atoms with Gasteiger partial charge in [0.05, 0.1) is 18.8 Å². The van der Waals surface area contributed by atoms with Gasteiger partial charge in [-0.1, -0.05) is 84.1 Å². The summed E-state index contributed by atoms with van der Waals surface area (Å²) in [6.07, 6.45) is 2.12. The van der Waals surface area contributed by atoms with Crippen molar-refractivity contribution in [2.75, 3.05) is 32.6 Å². The molecule has 0 aromatic heterocycles. The first-order chi connectivity index (χ1) is 19.9. The van der Waals surface area contributed by atoms with Crippen LogP contribution in [0.25, 0.3) is 11.1 Å². The summed E-state index contributed by atoms with van der Waals surface area (Å²) < 4.78 is 5.57. The average molecular weight is 582 g/mol. The highest BCUT2D eigenvalue weighted by Gasteiger charge is 2.42. The van der Waals surface area contributed by atoms with Gasteiger partial charge in [-0.25, -0.2) is 0 Å². The van der Waals surface area contributed by atoms with Crippen LogP contribution in [0.1, 0.15) is 39.6 Å². The zero-order valence-corrected chi connectivity index (χ0v) is 25.4. The molecule has 4 aromatic rings. The number of Topliss-reactive ketones (excluding diaryl/α,β-unsaturated/α-hetero) is 2. The summed E-state index contributed by atoms with van der Waals surface area (Å²) in [4.78, 5) is 33.2. The van der Waals surface area contributed by atoms with Gasteiger partial charge in [0.15, 0.2) is 11.6 Å². The number of morpholine rings is 1. The molecule has 1 heterocycles. The molecule has 1 saturated heterocycles. The lowest BCUT2D eigenvalue weighted by molar-refractivity contribution is -0.0106. The van der Waals surface area contributed by atoms with E-state index in [2.05, 4.69) is 54.3 Å². The van der Waals surface area contributed by atoms with Crippen LogP contribution in [0, 0.1) is 6.92 Å². The van der Waals surface area contributed by atoms with Crippen LogP contribution in [0.4, 0.5) is 0 Å². The van der Waals surface area contributed by atoms with E-state index in [1.807, 2.05) is 67.8 Å². The number of rotatable bonds is 10. The smallest absolute Gasteiger partial charge is 0.183 e. The van der Waals surface area contributed by atoms with Gasteiger partial charge in [-0.05, 0) is 61.6 Å². The van der Waals surface area contributed by atoms with Crippen LogP contribution in [0.2, 0.25) is 0 Å². The van der Waals surface area contributed by atoms with E-state index in [9.17, 15) is 9.59 Å². The largest absolute Gasteiger partial charge is 0.379 e. The molecule has 210 valence electrons. The van der Waals surface area contributed by atoms with E-state index in [-0.39, 0.29) is 18.0 Å². The second-order valence-corrected chi connectivity index (χ2v) is 12.5. The maximum Gasteiger partial charge on any atom is 0.183 e. The highest BCUT2D eigenvalue weighted by atomic mass is 32.2. The summed E-state index contributed by atoms with van der Waals surface area (Å²) in [6, 6.07) is 32.4. The fourth-order valence-corrected chi connectivity index (χ4v) is 6.60. The first-order valence-electron chi connectivity index (χ1n) is 13.9. The van der Waals surface area contributed by atoms with Crippen molar-refractivity contribution in [3.63, 3.8) is 0 Å². The second-order valence-electron chi connectivity index (χ2n) is 10.5. The molecular weight excluding hydrogens is 547 g/mol. The molecule has 0 bridgehead atoms. The predicted octanol–water partition coefficient (Wildman–Crippen LogP) is 8.08. The lowest BCUT2D eigenvalue weighted by Gasteiger charge is -2.42. The summed E-state index contributed by atoms with van der Waals surface area (Å²) in [5.41, 5.74) is 3.70. The Bertz CT molecular complexity index is 1490. The SMILES string of the molecule is CSc1ccc(C(=O)C(C)(CC(=O)c2ccc(-c3ccccc3Sc3ccc(C)cc3)cc2)N2CCOCC2)cc1. The zero-order valence-electron chi connectivity index (χ0n) is 23.8. The Morgan fingerprint density at radius 3 is 2.07 bits per heavy atom. The minimum atomic E-state index is -0.961. The third-order valence-corrected chi connectivity index (χ3v) is 9.54. The third kappa shape index (κ3) is 6.84. The van der Waals surface area contributed by atoms with Crippen molar-refractivity contribution in [2.45, 2.75) is 40.5 Å². The number of benzene rings is 4. The molecule has 0 amide bonds. The lowest BCUT2D eigenvalue weighted by Crippen LogP contribution is -2.57. The van der Waals surface area contributed by atoms with Crippen molar-refractivity contribution in [2.24, 2.45) is 0 Å². The number of carbonyl (C=O) groups is 2. The standard InChI is InChI=1S/C35H35NO3S2/c1-25-8-16-30(17-9-25)41-33-7-5-4-6-31(33)26-10-12-27(13-11-26)32(37)24-35(2,36-20-22-39-23-21-36)34(38)28-14-18-29(40-3)19-15-28/h4-19H,20-24H2,1-3H3. The minimum Gasteiger partial charge on any atom is -0.379 e. The number of thioether (sulfide) groups is 1. The Labute approximate surface area is 251 Å². The van der Waals surface area contributed by atoms with Crippen LogP contribution in [-0.2, 0) is 4.74 Å². The number of hydrogen-bond acceptors (Lipinski definition) is 6. The summed E-state index contributed by atoms with van der Waals surface area (Å²) in [6.45, 7) is 6.34. The number of nitrogens with zero attached hydrogens (tertiary/aromatic N) is 1. The van der Waals surface area contributed by atoms with Gasteiger partial charge in [0.25, 0.3) is 0 Å². The van der Waals surface area contributed by atoms with Crippen molar-refractivity contribution in [1.29, 1.82) is 0 Å². The molecule has 41 heavy (non-hydrogen) atoms. The van der Waals surface area contributed by atoms with E-state index in [0.29, 0.717) is 37.4 Å². The molecule has 0 N–H and O–H groups in total. The molecule has 1 atom stereocenters. The molecule has 4 aromatic carbocycles. The quantitative estimate of drug-likeness (QED) is 0.139. The summed E-state index contributed by atoms with van der Waals surface area (Å²) in [7, 11) is 0. The Hall–Kier alpha value is -3.16. The number of ketones is 2. The number of aryl methyl sites for hydroxylation is 1. The van der Waals surface area contributed by atoms with E-state index in [1.165, 1.54) is 10.5 Å². The molecule has 1 aliphatic rings. The molecule has 0 aliphatic carbocycles. The first-order valence-corrected chi connectivity index (χ1v) is 15.9. The first kappa shape index (κ1) is 29.3. The fraction of sp³-hybridized carbons (Fsp3) is 0.257. The molecule has 1 unspecified atom stereocenters. The van der Waals surface area contributed by atoms with Crippen LogP contribution in [0.3, 0.4) is 0 Å². The normalized spacial score (nSPS) is 15.3. The predicted molar refractivity (Wildman–Crippen MR) is 169 cm³/mol. The van der Waals surface area contributed by atoms with Gasteiger partial charge in [-0.15, -0.1) is 11.8 Å². The maximum absolute atomic E-state index is 13.9. The summed E-state index contributed by atoms with van der Waals surface area (Å²) in [5.74, 6) is -0.0685. The molecule has 0 spiro atoms. The van der Waals surface area contributed by atoms with Crippen molar-refractivity contribution >= 4 is 35.1 Å². The zero-order chi connectivity index (χ0) is 28.8. The van der Waals surface area contributed by atoms with Crippen molar-refractivity contribution in [3.8, 4) is 11.1 Å². The second kappa shape index (κ2) is 13.2. The Balaban J connectivity index is 1.37. The van der Waals surface area contributed by atoms with Crippen molar-refractivity contribution in [3.05, 3.63) is 114 Å². The minimum absolute atomic E-state index is 0.0286. The molecule has 0 saturated carbocycles. The van der Waals surface area contributed by atoms with Crippen LogP contribution in [0.15, 0.2) is 112 Å². The van der Waals surface area contributed by atoms with Gasteiger partial charge >= 0.3 is 0 Å². The van der Waals surface area contributed by atoms with Crippen molar-refractivity contribution < 1.29 is 14.3 Å². The van der Waals surface area contributed by atoms with E-state index in [1.54, 1.807) is 23.5 Å². The van der Waals surface area contributed by atoms with Crippen LogP contribution < -0.4 is 0 Å². The molecule has 4 nitrogen and oxygen atoms in total. The van der Waals surface area contributed by atoms with E-state index in [4.69, 9.17) is 4.74 Å². The van der Waals surface area contributed by atoms with Gasteiger partial charge in [0.1, 0.15) is 0 Å². The van der Waals surface area contributed by atoms with Gasteiger partial charge in [0.2, 0.25) is 0 Å². The fourth-order valence-electron chi connectivity index (χ4n) is 5.22. The van der Waals surface area contributed by atoms with Crippen molar-refractivity contribution in [1.82, 2.24) is 4.90 Å². The Morgan fingerprint density at radius 2 is 1.41 bits per heavy atom. The van der Waals surface area contributed by atoms with E-state index < -0.39 is 5.54 Å². The van der Waals surface area contributed by atoms with Crippen LogP contribution >= 0.6 is 23.5 Å². The number of hydrogen-bond donors (Lipinski definition) is 0. The van der Waals surface area contributed by atoms with Gasteiger partial charge in [0, 0.05) is 45.3 Å².